The molecule has 180 valence electrons. The minimum Gasteiger partial charge on any atom is -0.335 e. The molecule has 1 fully saturated rings. The number of nitrogens with zero attached hydrogens (tertiary/aromatic N) is 3. The fourth-order valence-corrected chi connectivity index (χ4v) is 5.75. The van der Waals surface area contributed by atoms with Crippen LogP contribution in [0.25, 0.3) is 22.3 Å². The van der Waals surface area contributed by atoms with E-state index in [9.17, 15) is 26.9 Å². The lowest BCUT2D eigenvalue weighted by Gasteiger charge is -2.26. The van der Waals surface area contributed by atoms with Gasteiger partial charge in [-0.1, -0.05) is 30.9 Å². The van der Waals surface area contributed by atoms with E-state index < -0.39 is 27.1 Å². The van der Waals surface area contributed by atoms with Crippen molar-refractivity contribution in [1.82, 2.24) is 14.3 Å². The Bertz CT molecular complexity index is 1360. The molecule has 0 amide bonds. The van der Waals surface area contributed by atoms with E-state index in [0.29, 0.717) is 27.4 Å². The van der Waals surface area contributed by atoms with Crippen molar-refractivity contribution < 1.29 is 21.6 Å². The Morgan fingerprint density at radius 2 is 1.91 bits per heavy atom. The summed E-state index contributed by atoms with van der Waals surface area (Å²) in [5.74, 6) is 0. The number of benzene rings is 1. The molecule has 1 aliphatic rings. The summed E-state index contributed by atoms with van der Waals surface area (Å²) in [6, 6.07) is 8.02. The highest BCUT2D eigenvalue weighted by Crippen LogP contribution is 2.40. The molecule has 0 spiro atoms. The first-order valence-electron chi connectivity index (χ1n) is 10.8. The van der Waals surface area contributed by atoms with Crippen molar-refractivity contribution in [3.63, 3.8) is 0 Å². The molecule has 6 nitrogen and oxygen atoms in total. The standard InChI is InChI=1S/C23H22ClF3N4O2S/c1-14(23(25,26)27)30-34(32,33)17-8-10-20(29-13-17)22-19(12-28)18-9-7-15(24)11-21(18)31(22)16-5-3-2-4-6-16/h7-11,13-14,16,30H,2-6H2,1H3/t14-/m1/s1. The summed E-state index contributed by atoms with van der Waals surface area (Å²) >= 11 is 6.26. The number of nitriles is 1. The van der Waals surface area contributed by atoms with Crippen LogP contribution in [0.3, 0.4) is 0 Å². The summed E-state index contributed by atoms with van der Waals surface area (Å²) < 4.78 is 67.0. The van der Waals surface area contributed by atoms with Crippen molar-refractivity contribution in [2.24, 2.45) is 0 Å². The van der Waals surface area contributed by atoms with Gasteiger partial charge in [-0.2, -0.15) is 23.2 Å². The van der Waals surface area contributed by atoms with Gasteiger partial charge in [-0.3, -0.25) is 4.98 Å². The first-order chi connectivity index (χ1) is 16.0. The molecule has 1 aliphatic carbocycles. The summed E-state index contributed by atoms with van der Waals surface area (Å²) in [7, 11) is -4.44. The van der Waals surface area contributed by atoms with Crippen LogP contribution < -0.4 is 4.72 Å². The number of alkyl halides is 3. The van der Waals surface area contributed by atoms with E-state index in [0.717, 1.165) is 50.7 Å². The summed E-state index contributed by atoms with van der Waals surface area (Å²) in [5.41, 5.74) is 2.10. The highest BCUT2D eigenvalue weighted by atomic mass is 35.5. The minimum atomic E-state index is -4.72. The van der Waals surface area contributed by atoms with Crippen molar-refractivity contribution in [3.8, 4) is 17.5 Å². The van der Waals surface area contributed by atoms with Gasteiger partial charge in [0, 0.05) is 22.6 Å². The first kappa shape index (κ1) is 24.5. The van der Waals surface area contributed by atoms with Gasteiger partial charge in [-0.25, -0.2) is 8.42 Å². The summed E-state index contributed by atoms with van der Waals surface area (Å²) in [5, 5.41) is 11.2. The van der Waals surface area contributed by atoms with Gasteiger partial charge in [0.15, 0.2) is 0 Å². The van der Waals surface area contributed by atoms with Crippen LogP contribution >= 0.6 is 11.6 Å². The number of fused-ring (bicyclic) bond motifs is 1. The molecular formula is C23H22ClF3N4O2S. The number of rotatable bonds is 5. The average molecular weight is 511 g/mol. The van der Waals surface area contributed by atoms with Crippen LogP contribution in [0, 0.1) is 11.3 Å². The van der Waals surface area contributed by atoms with E-state index in [1.54, 1.807) is 22.9 Å². The Labute approximate surface area is 200 Å². The number of halogens is 4. The molecule has 1 atom stereocenters. The third-order valence-electron chi connectivity index (χ3n) is 6.13. The number of hydrogen-bond donors (Lipinski definition) is 1. The number of aromatic nitrogens is 2. The summed E-state index contributed by atoms with van der Waals surface area (Å²) in [6.45, 7) is 0.728. The molecule has 0 aliphatic heterocycles. The number of nitrogens with one attached hydrogen (secondary N) is 1. The molecule has 2 heterocycles. The monoisotopic (exact) mass is 510 g/mol. The van der Waals surface area contributed by atoms with Gasteiger partial charge in [-0.15, -0.1) is 0 Å². The fourth-order valence-electron chi connectivity index (χ4n) is 4.41. The van der Waals surface area contributed by atoms with Crippen molar-refractivity contribution in [1.29, 1.82) is 5.26 Å². The molecule has 1 saturated carbocycles. The summed E-state index contributed by atoms with van der Waals surface area (Å²) in [4.78, 5) is 3.87. The minimum absolute atomic E-state index is 0.117. The Balaban J connectivity index is 1.82. The second-order valence-corrected chi connectivity index (χ2v) is 10.6. The fraction of sp³-hybridized carbons (Fsp3) is 0.391. The molecule has 34 heavy (non-hydrogen) atoms. The number of hydrogen-bond acceptors (Lipinski definition) is 4. The van der Waals surface area contributed by atoms with Crippen LogP contribution in [0.15, 0.2) is 41.4 Å². The maximum atomic E-state index is 12.8. The molecule has 0 saturated heterocycles. The molecular weight excluding hydrogens is 489 g/mol. The lowest BCUT2D eigenvalue weighted by molar-refractivity contribution is -0.147. The molecule has 1 aromatic carbocycles. The largest absolute Gasteiger partial charge is 0.404 e. The van der Waals surface area contributed by atoms with E-state index in [-0.39, 0.29) is 6.04 Å². The molecule has 0 radical (unpaired) electrons. The second-order valence-electron chi connectivity index (χ2n) is 8.42. The van der Waals surface area contributed by atoms with Crippen LogP contribution in [0.2, 0.25) is 5.02 Å². The van der Waals surface area contributed by atoms with E-state index in [4.69, 9.17) is 11.6 Å². The van der Waals surface area contributed by atoms with Crippen LogP contribution in [0.5, 0.6) is 0 Å². The van der Waals surface area contributed by atoms with Gasteiger partial charge in [0.1, 0.15) is 17.0 Å². The molecule has 2 aromatic heterocycles. The lowest BCUT2D eigenvalue weighted by Crippen LogP contribution is -2.42. The lowest BCUT2D eigenvalue weighted by atomic mass is 9.95. The van der Waals surface area contributed by atoms with Crippen molar-refractivity contribution >= 4 is 32.5 Å². The number of sulfonamides is 1. The van der Waals surface area contributed by atoms with Crippen LogP contribution in [-0.2, 0) is 10.0 Å². The van der Waals surface area contributed by atoms with Gasteiger partial charge in [0.2, 0.25) is 10.0 Å². The Morgan fingerprint density at radius 3 is 2.50 bits per heavy atom. The Hall–Kier alpha value is -2.61. The van der Waals surface area contributed by atoms with Gasteiger partial charge in [0.25, 0.3) is 0 Å². The van der Waals surface area contributed by atoms with E-state index >= 15 is 0 Å². The van der Waals surface area contributed by atoms with Crippen LogP contribution in [-0.4, -0.2) is 30.2 Å². The van der Waals surface area contributed by atoms with Gasteiger partial charge < -0.3 is 4.57 Å². The average Bonchev–Trinajstić information content (AvgIpc) is 3.12. The van der Waals surface area contributed by atoms with E-state index in [1.165, 1.54) is 12.1 Å². The molecule has 4 rings (SSSR count). The maximum absolute atomic E-state index is 12.8. The smallest absolute Gasteiger partial charge is 0.335 e. The zero-order valence-corrected chi connectivity index (χ0v) is 19.8. The maximum Gasteiger partial charge on any atom is 0.404 e. The van der Waals surface area contributed by atoms with Crippen molar-refractivity contribution in [2.75, 3.05) is 0 Å². The van der Waals surface area contributed by atoms with E-state index in [2.05, 4.69) is 15.6 Å². The molecule has 3 aromatic rings. The Morgan fingerprint density at radius 1 is 1.21 bits per heavy atom. The zero-order valence-electron chi connectivity index (χ0n) is 18.2. The van der Waals surface area contributed by atoms with Crippen LogP contribution in [0.1, 0.15) is 50.6 Å². The van der Waals surface area contributed by atoms with Gasteiger partial charge in [-0.05, 0) is 50.1 Å². The molecule has 11 heteroatoms. The van der Waals surface area contributed by atoms with Crippen molar-refractivity contribution in [3.05, 3.63) is 47.1 Å². The van der Waals surface area contributed by atoms with Crippen molar-refractivity contribution in [2.45, 2.75) is 62.2 Å². The molecule has 0 unspecified atom stereocenters. The van der Waals surface area contributed by atoms with Crippen LogP contribution in [0.4, 0.5) is 13.2 Å². The summed E-state index contributed by atoms with van der Waals surface area (Å²) in [6.07, 6.45) is 1.34. The first-order valence-corrected chi connectivity index (χ1v) is 12.7. The second kappa shape index (κ2) is 9.21. The normalized spacial score (nSPS) is 16.5. The highest BCUT2D eigenvalue weighted by Gasteiger charge is 2.39. The topological polar surface area (TPSA) is 87.8 Å². The number of pyridine rings is 1. The highest BCUT2D eigenvalue weighted by molar-refractivity contribution is 7.89. The predicted octanol–water partition coefficient (Wildman–Crippen LogP) is 5.96. The van der Waals surface area contributed by atoms with E-state index in [1.807, 2.05) is 0 Å². The van der Waals surface area contributed by atoms with Gasteiger partial charge in [0.05, 0.1) is 22.5 Å². The predicted molar refractivity (Wildman–Crippen MR) is 123 cm³/mol. The third kappa shape index (κ3) is 4.65. The zero-order chi connectivity index (χ0) is 24.7. The molecule has 1 N–H and O–H groups in total. The van der Waals surface area contributed by atoms with Gasteiger partial charge >= 0.3 is 6.18 Å². The Kier molecular flexibility index (Phi) is 6.64. The SMILES string of the molecule is C[C@@H](NS(=O)(=O)c1ccc(-c2c(C#N)c3ccc(Cl)cc3n2C2CCCCC2)nc1)C(F)(F)F. The molecule has 0 bridgehead atoms. The quantitative estimate of drug-likeness (QED) is 0.458. The third-order valence-corrected chi connectivity index (χ3v) is 7.89.